The number of aliphatic carboxylic acids is 1. The molecule has 0 aromatic rings. The molecule has 0 bridgehead atoms. The van der Waals surface area contributed by atoms with Gasteiger partial charge in [-0.3, -0.25) is 4.79 Å². The molecule has 124 valence electrons. The molecule has 0 heterocycles. The van der Waals surface area contributed by atoms with Gasteiger partial charge in [0, 0.05) is 5.92 Å². The lowest BCUT2D eigenvalue weighted by molar-refractivity contribution is -0.150. The van der Waals surface area contributed by atoms with E-state index >= 15 is 0 Å². The maximum Gasteiger partial charge on any atom is 0.338 e. The van der Waals surface area contributed by atoms with Crippen molar-refractivity contribution in [1.82, 2.24) is 0 Å². The first kappa shape index (κ1) is 16.7. The number of hydrogen-bond acceptors (Lipinski definition) is 4. The van der Waals surface area contributed by atoms with E-state index in [1.165, 1.54) is 0 Å². The van der Waals surface area contributed by atoms with Crippen LogP contribution in [0, 0.1) is 17.8 Å². The fourth-order valence-corrected chi connectivity index (χ4v) is 3.22. The summed E-state index contributed by atoms with van der Waals surface area (Å²) < 4.78 is 13.0. The van der Waals surface area contributed by atoms with E-state index in [0.29, 0.717) is 38.5 Å². The van der Waals surface area contributed by atoms with Gasteiger partial charge in [-0.2, -0.15) is 0 Å². The molecule has 2 aliphatic carbocycles. The average Bonchev–Trinajstić information content (AvgIpc) is 2.53. The third-order valence-electron chi connectivity index (χ3n) is 4.67. The van der Waals surface area contributed by atoms with Crippen LogP contribution >= 0.6 is 0 Å². The Morgan fingerprint density at radius 1 is 1.05 bits per heavy atom. The minimum Gasteiger partial charge on any atom is -0.481 e. The zero-order chi connectivity index (χ0) is 16.1. The number of carbonyl (C=O) groups excluding carboxylic acids is 1. The summed E-state index contributed by atoms with van der Waals surface area (Å²) in [5.74, 6) is -2.01. The lowest BCUT2D eigenvalue weighted by atomic mass is 9.81. The summed E-state index contributed by atoms with van der Waals surface area (Å²) in [6.45, 7) is 0. The van der Waals surface area contributed by atoms with Gasteiger partial charge in [-0.25, -0.2) is 9.18 Å². The zero-order valence-corrected chi connectivity index (χ0v) is 12.5. The molecule has 6 nitrogen and oxygen atoms in total. The fourth-order valence-electron chi connectivity index (χ4n) is 3.22. The second-order valence-corrected chi connectivity index (χ2v) is 6.27. The van der Waals surface area contributed by atoms with Crippen LogP contribution < -0.4 is 5.73 Å². The van der Waals surface area contributed by atoms with Crippen molar-refractivity contribution in [3.8, 4) is 0 Å². The fraction of sp³-hybridized carbons (Fsp3) is 0.800. The van der Waals surface area contributed by atoms with E-state index < -0.39 is 24.0 Å². The Morgan fingerprint density at radius 2 is 1.68 bits per heavy atom. The number of halogens is 1. The van der Waals surface area contributed by atoms with Crippen LogP contribution in [-0.4, -0.2) is 29.1 Å². The van der Waals surface area contributed by atoms with Crippen LogP contribution in [0.15, 0.2) is 5.16 Å². The minimum absolute atomic E-state index is 0.163. The van der Waals surface area contributed by atoms with Gasteiger partial charge in [-0.15, -0.1) is 0 Å². The third kappa shape index (κ3) is 4.42. The van der Waals surface area contributed by atoms with Crippen molar-refractivity contribution in [2.45, 2.75) is 57.5 Å². The van der Waals surface area contributed by atoms with E-state index in [0.717, 1.165) is 12.8 Å². The van der Waals surface area contributed by atoms with E-state index in [9.17, 15) is 14.0 Å². The molecule has 0 saturated heterocycles. The van der Waals surface area contributed by atoms with E-state index in [4.69, 9.17) is 15.7 Å². The predicted octanol–water partition coefficient (Wildman–Crippen LogP) is 2.22. The first-order valence-electron chi connectivity index (χ1n) is 7.88. The molecule has 2 saturated carbocycles. The van der Waals surface area contributed by atoms with Gasteiger partial charge in [0.25, 0.3) is 0 Å². The molecule has 0 spiro atoms. The number of hydrogen-bond donors (Lipinski definition) is 2. The number of nitrogens with zero attached hydrogens (tertiary/aromatic N) is 1. The Balaban J connectivity index is 1.84. The number of oxime groups is 1. The maximum atomic E-state index is 13.0. The molecule has 7 heteroatoms. The van der Waals surface area contributed by atoms with Crippen LogP contribution in [0.5, 0.6) is 0 Å². The standard InChI is InChI=1S/C15H23FN2O4/c16-12-6-4-9(5-7-12)15(21)22-18-13(17)10-2-1-3-11(8-10)14(19)20/h9-12H,1-8H2,(H2,17,18)(H,19,20). The molecule has 0 aromatic heterocycles. The quantitative estimate of drug-likeness (QED) is 0.358. The molecule has 0 aliphatic heterocycles. The second kappa shape index (κ2) is 7.56. The van der Waals surface area contributed by atoms with Crippen molar-refractivity contribution in [2.75, 3.05) is 0 Å². The smallest absolute Gasteiger partial charge is 0.338 e. The van der Waals surface area contributed by atoms with E-state index in [1.54, 1.807) is 0 Å². The summed E-state index contributed by atoms with van der Waals surface area (Å²) in [5.41, 5.74) is 5.83. The second-order valence-electron chi connectivity index (χ2n) is 6.27. The first-order valence-corrected chi connectivity index (χ1v) is 7.88. The highest BCUT2D eigenvalue weighted by molar-refractivity contribution is 5.84. The summed E-state index contributed by atoms with van der Waals surface area (Å²) in [6, 6.07) is 0. The summed E-state index contributed by atoms with van der Waals surface area (Å²) in [5, 5.41) is 12.7. The topological polar surface area (TPSA) is 102 Å². The molecule has 2 rings (SSSR count). The van der Waals surface area contributed by atoms with Gasteiger partial charge in [0.1, 0.15) is 12.0 Å². The number of carboxylic acids is 1. The van der Waals surface area contributed by atoms with E-state index in [1.807, 2.05) is 0 Å². The molecule has 2 unspecified atom stereocenters. The lowest BCUT2D eigenvalue weighted by Gasteiger charge is -2.25. The van der Waals surface area contributed by atoms with Crippen molar-refractivity contribution in [3.63, 3.8) is 0 Å². The highest BCUT2D eigenvalue weighted by atomic mass is 19.1. The molecular formula is C15H23FN2O4. The normalized spacial score (nSPS) is 33.2. The van der Waals surface area contributed by atoms with Crippen molar-refractivity contribution in [3.05, 3.63) is 0 Å². The summed E-state index contributed by atoms with van der Waals surface area (Å²) in [7, 11) is 0. The van der Waals surface area contributed by atoms with Gasteiger partial charge >= 0.3 is 11.9 Å². The van der Waals surface area contributed by atoms with Crippen LogP contribution in [0.2, 0.25) is 0 Å². The largest absolute Gasteiger partial charge is 0.481 e. The molecule has 0 amide bonds. The Kier molecular flexibility index (Phi) is 5.74. The Bertz CT molecular complexity index is 447. The van der Waals surface area contributed by atoms with Gasteiger partial charge in [-0.05, 0) is 44.9 Å². The monoisotopic (exact) mass is 314 g/mol. The third-order valence-corrected chi connectivity index (χ3v) is 4.67. The highest BCUT2D eigenvalue weighted by Crippen LogP contribution is 2.30. The molecule has 3 N–H and O–H groups in total. The highest BCUT2D eigenvalue weighted by Gasteiger charge is 2.30. The molecule has 0 radical (unpaired) electrons. The molecule has 2 fully saturated rings. The molecule has 2 atom stereocenters. The number of alkyl halides is 1. The number of carboxylic acid groups (broad SMARTS) is 1. The van der Waals surface area contributed by atoms with Crippen LogP contribution in [0.25, 0.3) is 0 Å². The van der Waals surface area contributed by atoms with Crippen LogP contribution in [-0.2, 0) is 14.4 Å². The van der Waals surface area contributed by atoms with Crippen molar-refractivity contribution in [2.24, 2.45) is 28.6 Å². The SMILES string of the molecule is N/C(=N\OC(=O)C1CCC(F)CC1)C1CCCC(C(=O)O)C1. The van der Waals surface area contributed by atoms with E-state index in [-0.39, 0.29) is 17.7 Å². The van der Waals surface area contributed by atoms with Gasteiger partial charge in [0.2, 0.25) is 0 Å². The van der Waals surface area contributed by atoms with Crippen molar-refractivity contribution < 1.29 is 23.9 Å². The van der Waals surface area contributed by atoms with Gasteiger partial charge < -0.3 is 15.7 Å². The van der Waals surface area contributed by atoms with Crippen molar-refractivity contribution in [1.29, 1.82) is 0 Å². The number of amidine groups is 1. The number of nitrogens with two attached hydrogens (primary N) is 1. The lowest BCUT2D eigenvalue weighted by Crippen LogP contribution is -2.32. The predicted molar refractivity (Wildman–Crippen MR) is 77.7 cm³/mol. The summed E-state index contributed by atoms with van der Waals surface area (Å²) in [4.78, 5) is 27.8. The van der Waals surface area contributed by atoms with Gasteiger partial charge in [0.15, 0.2) is 0 Å². The van der Waals surface area contributed by atoms with Crippen LogP contribution in [0.1, 0.15) is 51.4 Å². The Labute approximate surface area is 128 Å². The Morgan fingerprint density at radius 3 is 2.32 bits per heavy atom. The zero-order valence-electron chi connectivity index (χ0n) is 12.5. The molecule has 0 aromatic carbocycles. The first-order chi connectivity index (χ1) is 10.5. The minimum atomic E-state index is -0.826. The Hall–Kier alpha value is -1.66. The van der Waals surface area contributed by atoms with Gasteiger partial charge in [-0.1, -0.05) is 11.6 Å². The molecule has 2 aliphatic rings. The maximum absolute atomic E-state index is 13.0. The molecular weight excluding hydrogens is 291 g/mol. The molecule has 22 heavy (non-hydrogen) atoms. The summed E-state index contributed by atoms with van der Waals surface area (Å²) in [6.07, 6.45) is 3.47. The van der Waals surface area contributed by atoms with Crippen LogP contribution in [0.3, 0.4) is 0 Å². The summed E-state index contributed by atoms with van der Waals surface area (Å²) >= 11 is 0. The number of carbonyl (C=O) groups is 2. The van der Waals surface area contributed by atoms with Crippen LogP contribution in [0.4, 0.5) is 4.39 Å². The average molecular weight is 314 g/mol. The number of rotatable bonds is 4. The van der Waals surface area contributed by atoms with Gasteiger partial charge in [0.05, 0.1) is 11.8 Å². The van der Waals surface area contributed by atoms with Crippen molar-refractivity contribution >= 4 is 17.8 Å². The van der Waals surface area contributed by atoms with E-state index in [2.05, 4.69) is 5.16 Å².